The van der Waals surface area contributed by atoms with Gasteiger partial charge in [0.05, 0.1) is 31.6 Å². The van der Waals surface area contributed by atoms with E-state index in [1.54, 1.807) is 24.3 Å². The van der Waals surface area contributed by atoms with Gasteiger partial charge in [0.2, 0.25) is 0 Å². The molecule has 0 aliphatic rings. The molecular weight excluding hydrogens is 470 g/mol. The average molecular weight is 490 g/mol. The van der Waals surface area contributed by atoms with Gasteiger partial charge in [0.25, 0.3) is 0 Å². The highest BCUT2D eigenvalue weighted by atomic mass is 19.4. The largest absolute Gasteiger partial charge is 0.503 e. The lowest BCUT2D eigenvalue weighted by atomic mass is 10.0. The van der Waals surface area contributed by atoms with Gasteiger partial charge in [-0.25, -0.2) is 10.3 Å². The first-order chi connectivity index (χ1) is 15.9. The van der Waals surface area contributed by atoms with Crippen molar-refractivity contribution >= 4 is 17.4 Å². The van der Waals surface area contributed by atoms with E-state index in [-0.39, 0.29) is 24.1 Å². The van der Waals surface area contributed by atoms with E-state index in [1.807, 2.05) is 0 Å². The molecule has 34 heavy (non-hydrogen) atoms. The number of alkyl halides is 6. The number of hydrogen-bond acceptors (Lipinski definition) is 5. The minimum Gasteiger partial charge on any atom is -0.503 e. The molecule has 1 N–H and O–H groups in total. The lowest BCUT2D eigenvalue weighted by Crippen LogP contribution is -2.26. The summed E-state index contributed by atoms with van der Waals surface area (Å²) in [6.45, 7) is -0.238. The molecule has 0 unspecified atom stereocenters. The summed E-state index contributed by atoms with van der Waals surface area (Å²) < 4.78 is 88.5. The quantitative estimate of drug-likeness (QED) is 0.113. The van der Waals surface area contributed by atoms with Gasteiger partial charge in [0.1, 0.15) is 12.2 Å². The molecule has 0 fully saturated rings. The number of halogens is 6. The van der Waals surface area contributed by atoms with Gasteiger partial charge in [-0.3, -0.25) is 9.83 Å². The fourth-order valence-electron chi connectivity index (χ4n) is 2.87. The maximum absolute atomic E-state index is 13.1. The Morgan fingerprint density at radius 1 is 1.00 bits per heavy atom. The van der Waals surface area contributed by atoms with Crippen molar-refractivity contribution in [2.75, 3.05) is 21.3 Å². The molecule has 0 atom stereocenters. The number of hydrogen-bond donors (Lipinski definition) is 1. The van der Waals surface area contributed by atoms with Crippen LogP contribution in [0.3, 0.4) is 0 Å². The summed E-state index contributed by atoms with van der Waals surface area (Å²) in [4.78, 5) is 21.1. The summed E-state index contributed by atoms with van der Waals surface area (Å²) in [5.41, 5.74) is -0.278. The minimum atomic E-state index is -5.01. The zero-order valence-corrected chi connectivity index (χ0v) is 18.2. The molecule has 0 saturated carbocycles. The van der Waals surface area contributed by atoms with E-state index in [0.29, 0.717) is 23.3 Å². The van der Waals surface area contributed by atoms with Crippen molar-refractivity contribution < 1.29 is 45.4 Å². The van der Waals surface area contributed by atoms with Crippen LogP contribution in [0.15, 0.2) is 53.7 Å². The van der Waals surface area contributed by atoms with Crippen molar-refractivity contribution in [3.63, 3.8) is 0 Å². The van der Waals surface area contributed by atoms with Crippen LogP contribution in [0.5, 0.6) is 0 Å². The zero-order valence-electron chi connectivity index (χ0n) is 18.2. The van der Waals surface area contributed by atoms with E-state index in [0.717, 1.165) is 0 Å². The standard InChI is InChI=1S/C22H20F6N2O4/c1-29-19(14-8-15(21(23,24)25)10-16(9-14)22(26,27)28)30-34-11-13-6-4-5-7-17(13)18(12-32-2)20(31)33-3/h4-10,12H,11H2,1-3H3,(H,29,30)/b18-12+. The highest BCUT2D eigenvalue weighted by molar-refractivity contribution is 6.16. The van der Waals surface area contributed by atoms with Crippen molar-refractivity contribution in [1.82, 2.24) is 5.48 Å². The molecule has 0 aliphatic heterocycles. The van der Waals surface area contributed by atoms with Crippen molar-refractivity contribution in [3.8, 4) is 0 Å². The summed E-state index contributed by atoms with van der Waals surface area (Å²) >= 11 is 0. The fraction of sp³-hybridized carbons (Fsp3) is 0.273. The molecule has 2 rings (SSSR count). The molecular formula is C22H20F6N2O4. The van der Waals surface area contributed by atoms with Crippen molar-refractivity contribution in [1.29, 1.82) is 0 Å². The summed E-state index contributed by atoms with van der Waals surface area (Å²) in [5, 5.41) is 0. The number of carbonyl (C=O) groups is 1. The topological polar surface area (TPSA) is 69.2 Å². The number of ether oxygens (including phenoxy) is 2. The van der Waals surface area contributed by atoms with Crippen LogP contribution in [0.25, 0.3) is 5.57 Å². The van der Waals surface area contributed by atoms with Gasteiger partial charge in [-0.05, 0) is 29.3 Å². The molecule has 0 bridgehead atoms. The van der Waals surface area contributed by atoms with Crippen molar-refractivity contribution in [2.45, 2.75) is 19.0 Å². The maximum atomic E-state index is 13.1. The Morgan fingerprint density at radius 2 is 1.59 bits per heavy atom. The third kappa shape index (κ3) is 6.73. The lowest BCUT2D eigenvalue weighted by Gasteiger charge is -2.16. The molecule has 0 aromatic heterocycles. The number of carbonyl (C=O) groups excluding carboxylic acids is 1. The second kappa shape index (κ2) is 11.1. The zero-order chi connectivity index (χ0) is 25.5. The predicted octanol–water partition coefficient (Wildman–Crippen LogP) is 4.98. The number of methoxy groups -OCH3 is 2. The Bertz CT molecular complexity index is 1050. The fourth-order valence-corrected chi connectivity index (χ4v) is 2.87. The van der Waals surface area contributed by atoms with Crippen LogP contribution in [0, 0.1) is 0 Å². The van der Waals surface area contributed by atoms with Crippen LogP contribution in [-0.2, 0) is 38.1 Å². The minimum absolute atomic E-state index is 0.0182. The van der Waals surface area contributed by atoms with E-state index in [1.165, 1.54) is 27.5 Å². The summed E-state index contributed by atoms with van der Waals surface area (Å²) in [5.74, 6) is -1.06. The maximum Gasteiger partial charge on any atom is 0.416 e. The van der Waals surface area contributed by atoms with Gasteiger partial charge in [-0.2, -0.15) is 26.3 Å². The Balaban J connectivity index is 2.31. The first-order valence-corrected chi connectivity index (χ1v) is 9.46. The van der Waals surface area contributed by atoms with E-state index in [9.17, 15) is 31.1 Å². The van der Waals surface area contributed by atoms with Gasteiger partial charge in [0.15, 0.2) is 5.84 Å². The Hall–Kier alpha value is -3.54. The van der Waals surface area contributed by atoms with Crippen LogP contribution in [-0.4, -0.2) is 33.1 Å². The number of nitrogens with zero attached hydrogens (tertiary/aromatic N) is 1. The van der Waals surface area contributed by atoms with Crippen LogP contribution in [0.4, 0.5) is 26.3 Å². The van der Waals surface area contributed by atoms with Gasteiger partial charge >= 0.3 is 18.3 Å². The number of rotatable bonds is 7. The third-order valence-electron chi connectivity index (χ3n) is 4.43. The summed E-state index contributed by atoms with van der Waals surface area (Å²) in [7, 11) is 3.68. The number of hydroxylamine groups is 1. The Morgan fingerprint density at radius 3 is 2.09 bits per heavy atom. The normalized spacial score (nSPS) is 13.0. The monoisotopic (exact) mass is 490 g/mol. The summed E-state index contributed by atoms with van der Waals surface area (Å²) in [6.07, 6.45) is -8.85. The number of nitrogens with one attached hydrogen (secondary N) is 1. The number of esters is 1. The van der Waals surface area contributed by atoms with Crippen LogP contribution in [0.1, 0.15) is 27.8 Å². The number of benzene rings is 2. The Labute approximate surface area is 190 Å². The van der Waals surface area contributed by atoms with Gasteiger partial charge in [0, 0.05) is 12.6 Å². The van der Waals surface area contributed by atoms with E-state index in [2.05, 4.69) is 10.5 Å². The highest BCUT2D eigenvalue weighted by Crippen LogP contribution is 2.36. The Kier molecular flexibility index (Phi) is 8.68. The molecule has 0 aliphatic carbocycles. The van der Waals surface area contributed by atoms with Gasteiger partial charge < -0.3 is 9.47 Å². The van der Waals surface area contributed by atoms with E-state index >= 15 is 0 Å². The van der Waals surface area contributed by atoms with Crippen molar-refractivity contribution in [2.24, 2.45) is 4.99 Å². The second-order valence-electron chi connectivity index (χ2n) is 6.67. The smallest absolute Gasteiger partial charge is 0.416 e. The average Bonchev–Trinajstić information content (AvgIpc) is 2.78. The SMILES string of the molecule is CN=C(NOCc1ccccc1/C(=C\OC)C(=O)OC)c1cc(C(F)(F)F)cc(C(F)(F)F)c1. The molecule has 0 spiro atoms. The number of amidine groups is 1. The van der Waals surface area contributed by atoms with E-state index in [4.69, 9.17) is 14.3 Å². The molecule has 0 amide bonds. The molecule has 12 heteroatoms. The molecule has 0 radical (unpaired) electrons. The second-order valence-corrected chi connectivity index (χ2v) is 6.67. The van der Waals surface area contributed by atoms with Gasteiger partial charge in [-0.1, -0.05) is 24.3 Å². The van der Waals surface area contributed by atoms with E-state index < -0.39 is 35.0 Å². The highest BCUT2D eigenvalue weighted by Gasteiger charge is 2.37. The third-order valence-corrected chi connectivity index (χ3v) is 4.43. The molecule has 0 saturated heterocycles. The van der Waals surface area contributed by atoms with Gasteiger partial charge in [-0.15, -0.1) is 0 Å². The summed E-state index contributed by atoms with van der Waals surface area (Å²) in [6, 6.07) is 7.53. The molecule has 2 aromatic carbocycles. The van der Waals surface area contributed by atoms with Crippen LogP contribution < -0.4 is 5.48 Å². The number of aliphatic imine (C=N–C) groups is 1. The van der Waals surface area contributed by atoms with Crippen LogP contribution in [0.2, 0.25) is 0 Å². The molecule has 2 aromatic rings. The molecule has 0 heterocycles. The van der Waals surface area contributed by atoms with Crippen LogP contribution >= 0.6 is 0 Å². The first-order valence-electron chi connectivity index (χ1n) is 9.46. The lowest BCUT2D eigenvalue weighted by molar-refractivity contribution is -0.143. The first kappa shape index (κ1) is 26.7. The van der Waals surface area contributed by atoms with Crippen molar-refractivity contribution in [3.05, 3.63) is 76.5 Å². The molecule has 6 nitrogen and oxygen atoms in total. The predicted molar refractivity (Wildman–Crippen MR) is 110 cm³/mol. The molecule has 184 valence electrons.